The zero-order chi connectivity index (χ0) is 12.7. The number of hydrogen-bond acceptors (Lipinski definition) is 3. The molecule has 1 aromatic rings. The maximum Gasteiger partial charge on any atom is 0.317 e. The smallest absolute Gasteiger partial charge is 0.317 e. The third kappa shape index (κ3) is 4.29. The molecule has 3 nitrogen and oxygen atoms in total. The fourth-order valence-electron chi connectivity index (χ4n) is 1.14. The quantitative estimate of drug-likeness (QED) is 0.470. The molecule has 0 amide bonds. The van der Waals surface area contributed by atoms with Gasteiger partial charge in [0.05, 0.1) is 11.6 Å². The van der Waals surface area contributed by atoms with Crippen molar-refractivity contribution in [3.05, 3.63) is 34.3 Å². The molecular formula is C13H11ClO3. The van der Waals surface area contributed by atoms with Gasteiger partial charge in [-0.1, -0.05) is 23.4 Å². The van der Waals surface area contributed by atoms with Crippen molar-refractivity contribution in [1.82, 2.24) is 0 Å². The van der Waals surface area contributed by atoms with Crippen molar-refractivity contribution in [3.63, 3.8) is 0 Å². The zero-order valence-corrected chi connectivity index (χ0v) is 10.1. The molecule has 0 spiro atoms. The molecule has 0 saturated carbocycles. The van der Waals surface area contributed by atoms with E-state index in [0.29, 0.717) is 29.0 Å². The second kappa shape index (κ2) is 6.72. The van der Waals surface area contributed by atoms with Crippen LogP contribution in [0.4, 0.5) is 0 Å². The minimum Gasteiger partial charge on any atom is -0.465 e. The number of carbonyl (C=O) groups is 2. The molecule has 88 valence electrons. The number of carbonyl (C=O) groups excluding carboxylic acids is 2. The van der Waals surface area contributed by atoms with Crippen molar-refractivity contribution in [2.24, 2.45) is 0 Å². The molecule has 0 aromatic heterocycles. The van der Waals surface area contributed by atoms with Crippen LogP contribution in [0.15, 0.2) is 18.2 Å². The second-order valence-corrected chi connectivity index (χ2v) is 3.54. The summed E-state index contributed by atoms with van der Waals surface area (Å²) in [5, 5.41) is 0.385. The third-order valence-electron chi connectivity index (χ3n) is 1.89. The van der Waals surface area contributed by atoms with Gasteiger partial charge in [-0.15, -0.1) is 0 Å². The van der Waals surface area contributed by atoms with Crippen molar-refractivity contribution in [2.75, 3.05) is 6.61 Å². The average molecular weight is 251 g/mol. The first-order valence-electron chi connectivity index (χ1n) is 5.06. The van der Waals surface area contributed by atoms with Gasteiger partial charge in [-0.2, -0.15) is 0 Å². The molecule has 0 unspecified atom stereocenters. The molecule has 0 aliphatic heterocycles. The van der Waals surface area contributed by atoms with Gasteiger partial charge in [-0.05, 0) is 25.1 Å². The maximum absolute atomic E-state index is 11.0. The van der Waals surface area contributed by atoms with E-state index < -0.39 is 0 Å². The van der Waals surface area contributed by atoms with E-state index in [4.69, 9.17) is 16.3 Å². The molecule has 0 N–H and O–H groups in total. The molecule has 0 atom stereocenters. The highest BCUT2D eigenvalue weighted by atomic mass is 35.5. The molecule has 1 aromatic carbocycles. The number of esters is 1. The van der Waals surface area contributed by atoms with E-state index in [9.17, 15) is 9.59 Å². The fraction of sp³-hybridized carbons (Fsp3) is 0.231. The Balaban J connectivity index is 2.72. The number of aldehydes is 1. The highest BCUT2D eigenvalue weighted by Crippen LogP contribution is 2.14. The van der Waals surface area contributed by atoms with Crippen molar-refractivity contribution >= 4 is 23.9 Å². The van der Waals surface area contributed by atoms with Crippen LogP contribution in [0.3, 0.4) is 0 Å². The molecule has 0 heterocycles. The van der Waals surface area contributed by atoms with E-state index in [1.807, 2.05) is 0 Å². The summed E-state index contributed by atoms with van der Waals surface area (Å²) in [6.07, 6.45) is 0.700. The zero-order valence-electron chi connectivity index (χ0n) is 9.33. The number of benzene rings is 1. The predicted molar refractivity (Wildman–Crippen MR) is 65.0 cm³/mol. The molecule has 1 rings (SSSR count). The van der Waals surface area contributed by atoms with Crippen LogP contribution in [0, 0.1) is 11.8 Å². The molecule has 0 aliphatic rings. The predicted octanol–water partition coefficient (Wildman–Crippen LogP) is 2.46. The first-order chi connectivity index (χ1) is 8.17. The van der Waals surface area contributed by atoms with Crippen molar-refractivity contribution in [2.45, 2.75) is 13.3 Å². The first-order valence-corrected chi connectivity index (χ1v) is 5.44. The average Bonchev–Trinajstić information content (AvgIpc) is 2.31. The molecule has 0 bridgehead atoms. The summed E-state index contributed by atoms with van der Waals surface area (Å²) in [5.74, 6) is 5.08. The standard InChI is InChI=1S/C13H11ClO3/c1-2-17-13(16)5-3-4-10-6-7-12(14)11(8-10)9-15/h6-9H,2,5H2,1H3. The van der Waals surface area contributed by atoms with Gasteiger partial charge >= 0.3 is 5.97 Å². The van der Waals surface area contributed by atoms with Gasteiger partial charge < -0.3 is 4.74 Å². The lowest BCUT2D eigenvalue weighted by atomic mass is 10.1. The topological polar surface area (TPSA) is 43.4 Å². The van der Waals surface area contributed by atoms with Crippen LogP contribution >= 0.6 is 11.6 Å². The van der Waals surface area contributed by atoms with E-state index in [2.05, 4.69) is 11.8 Å². The number of rotatable bonds is 3. The fourth-order valence-corrected chi connectivity index (χ4v) is 1.30. The monoisotopic (exact) mass is 250 g/mol. The number of ether oxygens (including phenoxy) is 1. The lowest BCUT2D eigenvalue weighted by Gasteiger charge is -1.96. The Hall–Kier alpha value is -1.79. The minimum atomic E-state index is -0.357. The lowest BCUT2D eigenvalue weighted by molar-refractivity contribution is -0.141. The van der Waals surface area contributed by atoms with Crippen LogP contribution in [0.2, 0.25) is 5.02 Å². The van der Waals surface area contributed by atoms with Gasteiger partial charge in [0, 0.05) is 11.1 Å². The van der Waals surface area contributed by atoms with E-state index in [1.54, 1.807) is 25.1 Å². The van der Waals surface area contributed by atoms with Crippen molar-refractivity contribution in [1.29, 1.82) is 0 Å². The Morgan fingerprint density at radius 3 is 2.94 bits per heavy atom. The summed E-state index contributed by atoms with van der Waals surface area (Å²) < 4.78 is 4.73. The molecular weight excluding hydrogens is 240 g/mol. The summed E-state index contributed by atoms with van der Waals surface area (Å²) >= 11 is 5.77. The Morgan fingerprint density at radius 1 is 1.53 bits per heavy atom. The van der Waals surface area contributed by atoms with E-state index in [0.717, 1.165) is 0 Å². The minimum absolute atomic E-state index is 0.0346. The Labute approximate surface area is 105 Å². The first kappa shape index (κ1) is 13.3. The highest BCUT2D eigenvalue weighted by molar-refractivity contribution is 6.32. The molecule has 0 radical (unpaired) electrons. The van der Waals surface area contributed by atoms with Gasteiger partial charge in [0.15, 0.2) is 6.29 Å². The summed E-state index contributed by atoms with van der Waals surface area (Å²) in [6, 6.07) is 4.86. The SMILES string of the molecule is CCOC(=O)CC#Cc1ccc(Cl)c(C=O)c1. The molecule has 17 heavy (non-hydrogen) atoms. The summed E-state index contributed by atoms with van der Waals surface area (Å²) in [4.78, 5) is 21.6. The largest absolute Gasteiger partial charge is 0.465 e. The third-order valence-corrected chi connectivity index (χ3v) is 2.24. The molecule has 0 aliphatic carbocycles. The van der Waals surface area contributed by atoms with Crippen LogP contribution in [0.25, 0.3) is 0 Å². The van der Waals surface area contributed by atoms with Gasteiger partial charge in [0.2, 0.25) is 0 Å². The Kier molecular flexibility index (Phi) is 5.25. The summed E-state index contributed by atoms with van der Waals surface area (Å²) in [5.41, 5.74) is 1.02. The van der Waals surface area contributed by atoms with E-state index >= 15 is 0 Å². The van der Waals surface area contributed by atoms with Crippen molar-refractivity contribution in [3.8, 4) is 11.8 Å². The van der Waals surface area contributed by atoms with Crippen molar-refractivity contribution < 1.29 is 14.3 Å². The Bertz CT molecular complexity index is 483. The number of hydrogen-bond donors (Lipinski definition) is 0. The maximum atomic E-state index is 11.0. The van der Waals surface area contributed by atoms with Crippen LogP contribution in [0.5, 0.6) is 0 Å². The van der Waals surface area contributed by atoms with E-state index in [1.165, 1.54) is 0 Å². The summed E-state index contributed by atoms with van der Waals surface area (Å²) in [7, 11) is 0. The van der Waals surface area contributed by atoms with Crippen LogP contribution in [-0.4, -0.2) is 18.9 Å². The lowest BCUT2D eigenvalue weighted by Crippen LogP contribution is -2.01. The molecule has 0 saturated heterocycles. The van der Waals surface area contributed by atoms with Gasteiger partial charge in [-0.3, -0.25) is 9.59 Å². The molecule has 4 heteroatoms. The van der Waals surface area contributed by atoms with E-state index in [-0.39, 0.29) is 12.4 Å². The van der Waals surface area contributed by atoms with Gasteiger partial charge in [0.1, 0.15) is 6.42 Å². The second-order valence-electron chi connectivity index (χ2n) is 3.14. The van der Waals surface area contributed by atoms with Gasteiger partial charge in [-0.25, -0.2) is 0 Å². The van der Waals surface area contributed by atoms with Crippen LogP contribution in [-0.2, 0) is 9.53 Å². The molecule has 0 fully saturated rings. The van der Waals surface area contributed by atoms with Crippen LogP contribution in [0.1, 0.15) is 29.3 Å². The number of halogens is 1. The van der Waals surface area contributed by atoms with Gasteiger partial charge in [0.25, 0.3) is 0 Å². The van der Waals surface area contributed by atoms with Crippen LogP contribution < -0.4 is 0 Å². The normalized spacial score (nSPS) is 9.06. The summed E-state index contributed by atoms with van der Waals surface area (Å²) in [6.45, 7) is 2.08. The Morgan fingerprint density at radius 2 is 2.29 bits per heavy atom. The highest BCUT2D eigenvalue weighted by Gasteiger charge is 1.99.